The van der Waals surface area contributed by atoms with E-state index >= 15 is 0 Å². The van der Waals surface area contributed by atoms with Crippen molar-refractivity contribution in [3.05, 3.63) is 29.3 Å². The minimum Gasteiger partial charge on any atom is -0.372 e. The molecule has 0 saturated carbocycles. The Morgan fingerprint density at radius 1 is 0.852 bits per heavy atom. The van der Waals surface area contributed by atoms with Gasteiger partial charge in [0, 0.05) is 25.2 Å². The van der Waals surface area contributed by atoms with Crippen molar-refractivity contribution in [3.63, 3.8) is 0 Å². The zero-order valence-electron chi connectivity index (χ0n) is 15.2. The van der Waals surface area contributed by atoms with Crippen LogP contribution in [0.25, 0.3) is 0 Å². The fourth-order valence-electron chi connectivity index (χ4n) is 4.16. The van der Waals surface area contributed by atoms with Crippen LogP contribution in [0.3, 0.4) is 0 Å². The zero-order chi connectivity index (χ0) is 19.0. The lowest BCUT2D eigenvalue weighted by molar-refractivity contribution is -0.136. The molecule has 3 aliphatic rings. The first-order chi connectivity index (χ1) is 13.1. The van der Waals surface area contributed by atoms with Crippen LogP contribution in [-0.2, 0) is 9.59 Å². The van der Waals surface area contributed by atoms with E-state index in [1.807, 2.05) is 6.07 Å². The molecule has 1 N–H and O–H groups in total. The first kappa shape index (κ1) is 17.7. The molecule has 4 rings (SSSR count). The molecular weight excluding hydrogens is 346 g/mol. The summed E-state index contributed by atoms with van der Waals surface area (Å²) in [6.45, 7) is 1.88. The summed E-state index contributed by atoms with van der Waals surface area (Å²) in [5, 5.41) is 2.22. The number of hydrogen-bond acceptors (Lipinski definition) is 5. The van der Waals surface area contributed by atoms with E-state index in [4.69, 9.17) is 0 Å². The highest BCUT2D eigenvalue weighted by Gasteiger charge is 2.44. The largest absolute Gasteiger partial charge is 0.372 e. The number of rotatable bonds is 2. The number of anilines is 1. The van der Waals surface area contributed by atoms with Gasteiger partial charge in [0.15, 0.2) is 0 Å². The molecule has 1 atom stereocenters. The molecule has 142 valence electrons. The molecule has 7 nitrogen and oxygen atoms in total. The van der Waals surface area contributed by atoms with Crippen LogP contribution >= 0.6 is 0 Å². The summed E-state index contributed by atoms with van der Waals surface area (Å²) in [7, 11) is 0. The minimum atomic E-state index is -0.916. The molecule has 0 spiro atoms. The Kier molecular flexibility index (Phi) is 4.68. The lowest BCUT2D eigenvalue weighted by Crippen LogP contribution is -2.54. The number of carbonyl (C=O) groups is 4. The third-order valence-electron chi connectivity index (χ3n) is 5.64. The predicted molar refractivity (Wildman–Crippen MR) is 98.4 cm³/mol. The van der Waals surface area contributed by atoms with E-state index in [2.05, 4.69) is 10.2 Å². The number of fused-ring (bicyclic) bond motifs is 1. The monoisotopic (exact) mass is 369 g/mol. The number of imide groups is 2. The number of piperidine rings is 1. The Morgan fingerprint density at radius 3 is 2.22 bits per heavy atom. The molecule has 0 radical (unpaired) electrons. The number of nitrogens with one attached hydrogen (secondary N) is 1. The fraction of sp³-hybridized carbons (Fsp3) is 0.500. The lowest BCUT2D eigenvalue weighted by Gasteiger charge is -2.28. The van der Waals surface area contributed by atoms with Gasteiger partial charge in [0.2, 0.25) is 11.8 Å². The van der Waals surface area contributed by atoms with Gasteiger partial charge in [-0.05, 0) is 37.5 Å². The van der Waals surface area contributed by atoms with Crippen molar-refractivity contribution in [2.24, 2.45) is 0 Å². The zero-order valence-corrected chi connectivity index (χ0v) is 15.2. The second-order valence-corrected chi connectivity index (χ2v) is 7.43. The average Bonchev–Trinajstić information content (AvgIpc) is 2.86. The molecule has 1 aromatic carbocycles. The highest BCUT2D eigenvalue weighted by atomic mass is 16.2. The summed E-state index contributed by atoms with van der Waals surface area (Å²) in [6, 6.07) is 4.44. The van der Waals surface area contributed by atoms with Crippen LogP contribution in [0, 0.1) is 0 Å². The number of hydrogen-bond donors (Lipinski definition) is 1. The van der Waals surface area contributed by atoms with Gasteiger partial charge in [-0.15, -0.1) is 0 Å². The van der Waals surface area contributed by atoms with Crippen LogP contribution in [0.15, 0.2) is 18.2 Å². The quantitative estimate of drug-likeness (QED) is 0.804. The summed E-state index contributed by atoms with van der Waals surface area (Å²) in [5.41, 5.74) is 1.63. The molecule has 0 aromatic heterocycles. The number of carbonyl (C=O) groups excluding carboxylic acids is 4. The third kappa shape index (κ3) is 3.22. The Balaban J connectivity index is 1.59. The van der Waals surface area contributed by atoms with Gasteiger partial charge in [0.1, 0.15) is 6.04 Å². The molecule has 0 aliphatic carbocycles. The van der Waals surface area contributed by atoms with E-state index in [0.29, 0.717) is 11.1 Å². The molecule has 3 heterocycles. The second-order valence-electron chi connectivity index (χ2n) is 7.43. The Bertz CT molecular complexity index is 811. The third-order valence-corrected chi connectivity index (χ3v) is 5.64. The van der Waals surface area contributed by atoms with Crippen LogP contribution < -0.4 is 10.2 Å². The number of amides is 4. The Labute approximate surface area is 157 Å². The predicted octanol–water partition coefficient (Wildman–Crippen LogP) is 1.86. The van der Waals surface area contributed by atoms with E-state index in [0.717, 1.165) is 36.5 Å². The van der Waals surface area contributed by atoms with Crippen molar-refractivity contribution < 1.29 is 19.2 Å². The van der Waals surface area contributed by atoms with Crippen LogP contribution in [-0.4, -0.2) is 47.7 Å². The SMILES string of the molecule is O=C1CCC(N2C(=O)c3ccc(N4CCCCCCC4)cc3C2=O)C(=O)N1. The summed E-state index contributed by atoms with van der Waals surface area (Å²) in [5.74, 6) is -1.85. The molecule has 2 fully saturated rings. The van der Waals surface area contributed by atoms with E-state index < -0.39 is 23.8 Å². The molecule has 27 heavy (non-hydrogen) atoms. The summed E-state index contributed by atoms with van der Waals surface area (Å²) < 4.78 is 0. The first-order valence-corrected chi connectivity index (χ1v) is 9.67. The van der Waals surface area contributed by atoms with Crippen molar-refractivity contribution in [1.82, 2.24) is 10.2 Å². The lowest BCUT2D eigenvalue weighted by atomic mass is 10.0. The van der Waals surface area contributed by atoms with Crippen molar-refractivity contribution >= 4 is 29.3 Å². The van der Waals surface area contributed by atoms with Gasteiger partial charge in [-0.2, -0.15) is 0 Å². The van der Waals surface area contributed by atoms with Gasteiger partial charge < -0.3 is 4.90 Å². The first-order valence-electron chi connectivity index (χ1n) is 9.67. The van der Waals surface area contributed by atoms with Crippen LogP contribution in [0.2, 0.25) is 0 Å². The normalized spacial score (nSPS) is 23.8. The van der Waals surface area contributed by atoms with Crippen molar-refractivity contribution in [1.29, 1.82) is 0 Å². The Morgan fingerprint density at radius 2 is 1.52 bits per heavy atom. The molecule has 2 saturated heterocycles. The van der Waals surface area contributed by atoms with E-state index in [1.54, 1.807) is 12.1 Å². The molecule has 7 heteroatoms. The maximum absolute atomic E-state index is 12.9. The van der Waals surface area contributed by atoms with Gasteiger partial charge in [0.25, 0.3) is 11.8 Å². The maximum atomic E-state index is 12.9. The highest BCUT2D eigenvalue weighted by Crippen LogP contribution is 2.31. The molecule has 0 bridgehead atoms. The van der Waals surface area contributed by atoms with Gasteiger partial charge in [-0.3, -0.25) is 29.4 Å². The van der Waals surface area contributed by atoms with Gasteiger partial charge in [-0.25, -0.2) is 0 Å². The van der Waals surface area contributed by atoms with Gasteiger partial charge >= 0.3 is 0 Å². The van der Waals surface area contributed by atoms with Crippen LogP contribution in [0.4, 0.5) is 5.69 Å². The molecule has 1 unspecified atom stereocenters. The van der Waals surface area contributed by atoms with Crippen LogP contribution in [0.5, 0.6) is 0 Å². The number of benzene rings is 1. The van der Waals surface area contributed by atoms with E-state index in [-0.39, 0.29) is 18.7 Å². The molecule has 3 aliphatic heterocycles. The van der Waals surface area contributed by atoms with Gasteiger partial charge in [0.05, 0.1) is 11.1 Å². The standard InChI is InChI=1S/C20H23N3O4/c24-17-9-8-16(18(25)21-17)23-19(26)14-7-6-13(12-15(14)20(23)27)22-10-4-2-1-3-5-11-22/h6-7,12,16H,1-5,8-11H2,(H,21,24,25). The van der Waals surface area contributed by atoms with Crippen LogP contribution in [0.1, 0.15) is 65.7 Å². The van der Waals surface area contributed by atoms with Crippen molar-refractivity contribution in [3.8, 4) is 0 Å². The average molecular weight is 369 g/mol. The summed E-state index contributed by atoms with van der Waals surface area (Å²) in [6.07, 6.45) is 6.23. The highest BCUT2D eigenvalue weighted by molar-refractivity contribution is 6.23. The molecule has 1 aromatic rings. The molecular formula is C20H23N3O4. The molecule has 4 amide bonds. The van der Waals surface area contributed by atoms with E-state index in [9.17, 15) is 19.2 Å². The summed E-state index contributed by atoms with van der Waals surface area (Å²) in [4.78, 5) is 52.4. The Hall–Kier alpha value is -2.70. The topological polar surface area (TPSA) is 86.8 Å². The second kappa shape index (κ2) is 7.13. The maximum Gasteiger partial charge on any atom is 0.262 e. The van der Waals surface area contributed by atoms with Crippen molar-refractivity contribution in [2.45, 2.75) is 51.0 Å². The van der Waals surface area contributed by atoms with Gasteiger partial charge in [-0.1, -0.05) is 19.3 Å². The minimum absolute atomic E-state index is 0.128. The van der Waals surface area contributed by atoms with Crippen molar-refractivity contribution in [2.75, 3.05) is 18.0 Å². The number of nitrogens with zero attached hydrogens (tertiary/aromatic N) is 2. The van der Waals surface area contributed by atoms with E-state index in [1.165, 1.54) is 19.3 Å². The smallest absolute Gasteiger partial charge is 0.262 e. The fourth-order valence-corrected chi connectivity index (χ4v) is 4.16. The summed E-state index contributed by atoms with van der Waals surface area (Å²) >= 11 is 0.